The Bertz CT molecular complexity index is 634. The van der Waals surface area contributed by atoms with Crippen molar-refractivity contribution < 1.29 is 4.79 Å². The van der Waals surface area contributed by atoms with Gasteiger partial charge in [0.1, 0.15) is 0 Å². The Morgan fingerprint density at radius 1 is 1.14 bits per heavy atom. The van der Waals surface area contributed by atoms with Crippen LogP contribution in [-0.4, -0.2) is 16.4 Å². The number of nitrogens with one attached hydrogen (secondary N) is 1. The largest absolute Gasteiger partial charge is 0.325 e. The van der Waals surface area contributed by atoms with Crippen LogP contribution in [0.3, 0.4) is 0 Å². The van der Waals surface area contributed by atoms with E-state index in [1.165, 1.54) is 31.1 Å². The summed E-state index contributed by atoms with van der Waals surface area (Å²) in [6.45, 7) is 2.01. The molecule has 2 aromatic rings. The van der Waals surface area contributed by atoms with E-state index in [9.17, 15) is 4.79 Å². The van der Waals surface area contributed by atoms with Crippen molar-refractivity contribution in [1.82, 2.24) is 0 Å². The number of hydrogen-bond donors (Lipinski definition) is 1. The monoisotopic (exact) mass is 299 g/mol. The molecule has 0 aromatic heterocycles. The summed E-state index contributed by atoms with van der Waals surface area (Å²) in [7, 11) is 0. The molecule has 0 heterocycles. The van der Waals surface area contributed by atoms with Crippen molar-refractivity contribution in [1.29, 1.82) is 0 Å². The predicted octanol–water partition coefficient (Wildman–Crippen LogP) is 4.84. The van der Waals surface area contributed by atoms with Gasteiger partial charge in [-0.05, 0) is 42.7 Å². The lowest BCUT2D eigenvalue weighted by molar-refractivity contribution is -0.115. The minimum absolute atomic E-state index is 0.0135. The quantitative estimate of drug-likeness (QED) is 0.875. The first kappa shape index (κ1) is 14.5. The number of benzene rings is 2. The highest BCUT2D eigenvalue weighted by Crippen LogP contribution is 2.32. The average molecular weight is 299 g/mol. The predicted molar refractivity (Wildman–Crippen MR) is 91.9 cm³/mol. The minimum atomic E-state index is 0.0135. The van der Waals surface area contributed by atoms with E-state index < -0.39 is 0 Å². The molecule has 1 saturated carbocycles. The van der Waals surface area contributed by atoms with E-state index in [0.717, 1.165) is 11.1 Å². The second-order valence-electron chi connectivity index (χ2n) is 5.74. The van der Waals surface area contributed by atoms with Crippen LogP contribution in [0.1, 0.15) is 32.6 Å². The number of carbonyl (C=O) groups excluding carboxylic acids is 1. The molecule has 1 N–H and O–H groups in total. The number of thioether (sulfide) groups is 1. The molecule has 3 rings (SSSR count). The Morgan fingerprint density at radius 3 is 2.62 bits per heavy atom. The molecule has 0 saturated heterocycles. The van der Waals surface area contributed by atoms with Crippen LogP contribution in [0.15, 0.2) is 42.5 Å². The maximum Gasteiger partial charge on any atom is 0.237 e. The van der Waals surface area contributed by atoms with Crippen molar-refractivity contribution in [3.8, 4) is 0 Å². The molecule has 1 aliphatic carbocycles. The van der Waals surface area contributed by atoms with Gasteiger partial charge in [-0.25, -0.2) is 0 Å². The van der Waals surface area contributed by atoms with Gasteiger partial charge >= 0.3 is 0 Å². The summed E-state index contributed by atoms with van der Waals surface area (Å²) in [5.41, 5.74) is 0.887. The summed E-state index contributed by atoms with van der Waals surface area (Å²) >= 11 is 1.83. The van der Waals surface area contributed by atoms with Gasteiger partial charge in [0.15, 0.2) is 0 Å². The van der Waals surface area contributed by atoms with Gasteiger partial charge in [0.25, 0.3) is 0 Å². The number of hydrogen-bond acceptors (Lipinski definition) is 2. The third-order valence-electron chi connectivity index (χ3n) is 4.09. The zero-order valence-corrected chi connectivity index (χ0v) is 13.2. The molecule has 0 spiro atoms. The lowest BCUT2D eigenvalue weighted by Crippen LogP contribution is -2.24. The number of amides is 1. The van der Waals surface area contributed by atoms with E-state index >= 15 is 0 Å². The normalized spacial score (nSPS) is 17.0. The maximum atomic E-state index is 12.3. The molecule has 1 fully saturated rings. The molecule has 1 aliphatic rings. The van der Waals surface area contributed by atoms with Gasteiger partial charge in [-0.15, -0.1) is 11.8 Å². The van der Waals surface area contributed by atoms with E-state index in [-0.39, 0.29) is 11.2 Å². The molecule has 0 unspecified atom stereocenters. The summed E-state index contributed by atoms with van der Waals surface area (Å²) in [5.74, 6) is 0.113. The zero-order chi connectivity index (χ0) is 14.7. The highest BCUT2D eigenvalue weighted by atomic mass is 32.2. The Labute approximate surface area is 130 Å². The lowest BCUT2D eigenvalue weighted by atomic mass is 10.1. The number of anilines is 1. The van der Waals surface area contributed by atoms with Gasteiger partial charge in [0.2, 0.25) is 5.91 Å². The molecular weight excluding hydrogens is 278 g/mol. The number of carbonyl (C=O) groups is 1. The summed E-state index contributed by atoms with van der Waals surface area (Å²) in [5, 5.41) is 6.09. The molecular formula is C18H21NOS. The van der Waals surface area contributed by atoms with Crippen LogP contribution >= 0.6 is 11.8 Å². The number of rotatable bonds is 4. The van der Waals surface area contributed by atoms with Crippen LogP contribution in [0.5, 0.6) is 0 Å². The van der Waals surface area contributed by atoms with Crippen LogP contribution in [0.25, 0.3) is 10.8 Å². The van der Waals surface area contributed by atoms with Crippen molar-refractivity contribution in [2.75, 3.05) is 5.32 Å². The molecule has 1 amide bonds. The summed E-state index contributed by atoms with van der Waals surface area (Å²) in [6, 6.07) is 14.3. The molecule has 110 valence electrons. The van der Waals surface area contributed by atoms with E-state index in [1.54, 1.807) is 0 Å². The van der Waals surface area contributed by atoms with Crippen molar-refractivity contribution >= 4 is 34.1 Å². The smallest absolute Gasteiger partial charge is 0.237 e. The van der Waals surface area contributed by atoms with Gasteiger partial charge in [-0.2, -0.15) is 0 Å². The van der Waals surface area contributed by atoms with E-state index in [0.29, 0.717) is 5.25 Å². The maximum absolute atomic E-state index is 12.3. The molecule has 2 aromatic carbocycles. The van der Waals surface area contributed by atoms with Crippen LogP contribution < -0.4 is 5.32 Å². The second kappa shape index (κ2) is 6.52. The standard InChI is InChI=1S/C18H21NOS/c1-13(21-17-8-4-5-9-17)18(20)19-16-11-10-14-6-2-3-7-15(14)12-16/h2-3,6-7,10-13,17H,4-5,8-9H2,1H3,(H,19,20)/t13-/m1/s1. The van der Waals surface area contributed by atoms with Crippen LogP contribution in [0, 0.1) is 0 Å². The van der Waals surface area contributed by atoms with Crippen molar-refractivity contribution in [2.45, 2.75) is 43.1 Å². The SMILES string of the molecule is C[C@@H](SC1CCCC1)C(=O)Nc1ccc2ccccc2c1. The molecule has 21 heavy (non-hydrogen) atoms. The Hall–Kier alpha value is -1.48. The van der Waals surface area contributed by atoms with Crippen LogP contribution in [0.2, 0.25) is 0 Å². The first-order valence-corrected chi connectivity index (χ1v) is 8.62. The van der Waals surface area contributed by atoms with Gasteiger partial charge in [-0.1, -0.05) is 43.2 Å². The fourth-order valence-corrected chi connectivity index (χ4v) is 4.25. The molecule has 1 atom stereocenters. The zero-order valence-electron chi connectivity index (χ0n) is 12.3. The Morgan fingerprint density at radius 2 is 1.86 bits per heavy atom. The molecule has 0 bridgehead atoms. The summed E-state index contributed by atoms with van der Waals surface area (Å²) < 4.78 is 0. The lowest BCUT2D eigenvalue weighted by Gasteiger charge is -2.16. The highest BCUT2D eigenvalue weighted by Gasteiger charge is 2.22. The van der Waals surface area contributed by atoms with Crippen LogP contribution in [-0.2, 0) is 4.79 Å². The van der Waals surface area contributed by atoms with Gasteiger partial charge in [0, 0.05) is 10.9 Å². The minimum Gasteiger partial charge on any atom is -0.325 e. The Balaban J connectivity index is 1.64. The Kier molecular flexibility index (Phi) is 4.49. The van der Waals surface area contributed by atoms with Crippen molar-refractivity contribution in [3.63, 3.8) is 0 Å². The molecule has 2 nitrogen and oxygen atoms in total. The number of fused-ring (bicyclic) bond motifs is 1. The van der Waals surface area contributed by atoms with E-state index in [4.69, 9.17) is 0 Å². The second-order valence-corrected chi connectivity index (χ2v) is 7.38. The van der Waals surface area contributed by atoms with Gasteiger partial charge in [-0.3, -0.25) is 4.79 Å². The summed E-state index contributed by atoms with van der Waals surface area (Å²) in [6.07, 6.45) is 5.16. The molecule has 0 aliphatic heterocycles. The van der Waals surface area contributed by atoms with Crippen LogP contribution in [0.4, 0.5) is 5.69 Å². The fraction of sp³-hybridized carbons (Fsp3) is 0.389. The molecule has 0 radical (unpaired) electrons. The fourth-order valence-electron chi connectivity index (χ4n) is 2.89. The third kappa shape index (κ3) is 3.59. The highest BCUT2D eigenvalue weighted by molar-refractivity contribution is 8.01. The first-order chi connectivity index (χ1) is 10.2. The summed E-state index contributed by atoms with van der Waals surface area (Å²) in [4.78, 5) is 12.3. The van der Waals surface area contributed by atoms with Gasteiger partial charge in [0.05, 0.1) is 5.25 Å². The molecule has 3 heteroatoms. The van der Waals surface area contributed by atoms with Crippen molar-refractivity contribution in [2.24, 2.45) is 0 Å². The third-order valence-corrected chi connectivity index (χ3v) is 5.56. The average Bonchev–Trinajstić information content (AvgIpc) is 3.00. The topological polar surface area (TPSA) is 29.1 Å². The van der Waals surface area contributed by atoms with E-state index in [1.807, 2.05) is 43.0 Å². The van der Waals surface area contributed by atoms with Crippen molar-refractivity contribution in [3.05, 3.63) is 42.5 Å². The van der Waals surface area contributed by atoms with E-state index in [2.05, 4.69) is 23.5 Å². The van der Waals surface area contributed by atoms with Gasteiger partial charge < -0.3 is 5.32 Å². The first-order valence-electron chi connectivity index (χ1n) is 7.67.